The number of H-pyrrole nitrogens is 1. The first kappa shape index (κ1) is 16.5. The number of aromatic amines is 1. The van der Waals surface area contributed by atoms with Gasteiger partial charge in [-0.2, -0.15) is 0 Å². The summed E-state index contributed by atoms with van der Waals surface area (Å²) in [5.74, 6) is 0.720. The molecule has 1 aromatic heterocycles. The average Bonchev–Trinajstić information content (AvgIpc) is 3.30. The molecule has 0 amide bonds. The third kappa shape index (κ3) is 4.32. The van der Waals surface area contributed by atoms with Crippen molar-refractivity contribution in [1.29, 1.82) is 0 Å². The number of rotatable bonds is 6. The summed E-state index contributed by atoms with van der Waals surface area (Å²) in [7, 11) is 1.38. The molecule has 0 bridgehead atoms. The number of aromatic nitrogens is 2. The van der Waals surface area contributed by atoms with E-state index in [0.29, 0.717) is 12.1 Å². The Hall–Kier alpha value is -2.40. The highest BCUT2D eigenvalue weighted by Gasteiger charge is 2.24. The Morgan fingerprint density at radius 1 is 1.33 bits per heavy atom. The average molecular weight is 325 g/mol. The lowest BCUT2D eigenvalue weighted by molar-refractivity contribution is -0.134. The highest BCUT2D eigenvalue weighted by atomic mass is 16.5. The lowest BCUT2D eigenvalue weighted by Gasteiger charge is -2.14. The number of esters is 1. The van der Waals surface area contributed by atoms with Gasteiger partial charge in [-0.05, 0) is 36.5 Å². The van der Waals surface area contributed by atoms with Crippen LogP contribution in [0.25, 0.3) is 6.08 Å². The maximum atomic E-state index is 11.1. The molecule has 24 heavy (non-hydrogen) atoms. The zero-order chi connectivity index (χ0) is 16.8. The van der Waals surface area contributed by atoms with E-state index in [1.165, 1.54) is 25.2 Å². The summed E-state index contributed by atoms with van der Waals surface area (Å²) in [4.78, 5) is 18.6. The lowest BCUT2D eigenvalue weighted by Crippen LogP contribution is -2.24. The van der Waals surface area contributed by atoms with Crippen LogP contribution in [0.1, 0.15) is 42.3 Å². The van der Waals surface area contributed by atoms with Crippen molar-refractivity contribution < 1.29 is 9.53 Å². The summed E-state index contributed by atoms with van der Waals surface area (Å²) in [6.45, 7) is 0. The van der Waals surface area contributed by atoms with Gasteiger partial charge in [0.1, 0.15) is 5.82 Å². The van der Waals surface area contributed by atoms with Crippen molar-refractivity contribution in [2.75, 3.05) is 7.11 Å². The molecule has 1 saturated heterocycles. The van der Waals surface area contributed by atoms with Gasteiger partial charge >= 0.3 is 5.97 Å². The van der Waals surface area contributed by atoms with Crippen molar-refractivity contribution in [2.45, 2.75) is 37.8 Å². The molecular formula is C19H23N3O2. The van der Waals surface area contributed by atoms with E-state index >= 15 is 0 Å². The number of hydrogen-bond donors (Lipinski definition) is 2. The predicted molar refractivity (Wildman–Crippen MR) is 93.3 cm³/mol. The second-order valence-electron chi connectivity index (χ2n) is 6.09. The standard InChI is InChI=1S/C19H23N3O2/c1-24-19(23)11-4-14-2-5-15(6-3-14)17-9-7-16(22-17)8-10-18-20-12-13-21-18/h2-6,11-13,16-17,22H,7-10H2,1H3,(H,20,21)/b11-4+. The Kier molecular flexibility index (Phi) is 5.43. The van der Waals surface area contributed by atoms with Crippen molar-refractivity contribution in [1.82, 2.24) is 15.3 Å². The molecule has 0 saturated carbocycles. The van der Waals surface area contributed by atoms with E-state index in [2.05, 4.69) is 32.2 Å². The molecule has 1 aromatic carbocycles. The monoisotopic (exact) mass is 325 g/mol. The lowest BCUT2D eigenvalue weighted by atomic mass is 10.0. The molecule has 2 N–H and O–H groups in total. The van der Waals surface area contributed by atoms with E-state index in [1.54, 1.807) is 12.3 Å². The Morgan fingerprint density at radius 2 is 2.17 bits per heavy atom. The molecule has 2 atom stereocenters. The highest BCUT2D eigenvalue weighted by Crippen LogP contribution is 2.28. The minimum absolute atomic E-state index is 0.337. The number of methoxy groups -OCH3 is 1. The fraction of sp³-hybridized carbons (Fsp3) is 0.368. The number of imidazole rings is 1. The van der Waals surface area contributed by atoms with Crippen LogP contribution in [0.5, 0.6) is 0 Å². The van der Waals surface area contributed by atoms with Gasteiger partial charge < -0.3 is 15.0 Å². The van der Waals surface area contributed by atoms with Crippen LogP contribution >= 0.6 is 0 Å². The Morgan fingerprint density at radius 3 is 2.88 bits per heavy atom. The van der Waals surface area contributed by atoms with Crippen molar-refractivity contribution in [3.8, 4) is 0 Å². The van der Waals surface area contributed by atoms with E-state index in [4.69, 9.17) is 0 Å². The van der Waals surface area contributed by atoms with Crippen LogP contribution in [-0.2, 0) is 16.0 Å². The zero-order valence-electron chi connectivity index (χ0n) is 13.9. The molecular weight excluding hydrogens is 302 g/mol. The van der Waals surface area contributed by atoms with Crippen LogP contribution < -0.4 is 5.32 Å². The summed E-state index contributed by atoms with van der Waals surface area (Å²) in [5, 5.41) is 3.71. The second-order valence-corrected chi connectivity index (χ2v) is 6.09. The number of nitrogens with one attached hydrogen (secondary N) is 2. The molecule has 2 unspecified atom stereocenters. The first-order valence-electron chi connectivity index (χ1n) is 8.35. The molecule has 0 radical (unpaired) electrons. The molecule has 5 nitrogen and oxygen atoms in total. The molecule has 5 heteroatoms. The molecule has 2 aromatic rings. The molecule has 0 spiro atoms. The van der Waals surface area contributed by atoms with Gasteiger partial charge in [0.05, 0.1) is 7.11 Å². The SMILES string of the molecule is COC(=O)/C=C/c1ccc(C2CCC(CCc3ncc[nH]3)N2)cc1. The van der Waals surface area contributed by atoms with Gasteiger partial charge in [0.2, 0.25) is 0 Å². The van der Waals surface area contributed by atoms with Gasteiger partial charge in [-0.1, -0.05) is 24.3 Å². The predicted octanol–water partition coefficient (Wildman–Crippen LogP) is 3.02. The number of nitrogens with zero attached hydrogens (tertiary/aromatic N) is 1. The van der Waals surface area contributed by atoms with Crippen molar-refractivity contribution in [2.24, 2.45) is 0 Å². The van der Waals surface area contributed by atoms with Crippen LogP contribution in [-0.4, -0.2) is 29.1 Å². The van der Waals surface area contributed by atoms with Gasteiger partial charge in [-0.3, -0.25) is 0 Å². The molecule has 1 aliphatic heterocycles. The smallest absolute Gasteiger partial charge is 0.330 e. The second kappa shape index (κ2) is 7.93. The van der Waals surface area contributed by atoms with E-state index in [-0.39, 0.29) is 5.97 Å². The Labute approximate surface area is 142 Å². The summed E-state index contributed by atoms with van der Waals surface area (Å²) in [6.07, 6.45) is 11.3. The molecule has 2 heterocycles. The maximum Gasteiger partial charge on any atom is 0.330 e. The van der Waals surface area contributed by atoms with Gasteiger partial charge in [0.25, 0.3) is 0 Å². The van der Waals surface area contributed by atoms with Crippen LogP contribution in [0.3, 0.4) is 0 Å². The van der Waals surface area contributed by atoms with E-state index in [0.717, 1.165) is 30.7 Å². The van der Waals surface area contributed by atoms with Gasteiger partial charge in [-0.25, -0.2) is 9.78 Å². The fourth-order valence-electron chi connectivity index (χ4n) is 3.13. The number of carbonyl (C=O) groups excluding carboxylic acids is 1. The Bertz CT molecular complexity index is 677. The fourth-order valence-corrected chi connectivity index (χ4v) is 3.13. The van der Waals surface area contributed by atoms with Crippen LogP contribution in [0, 0.1) is 0 Å². The normalized spacial score (nSPS) is 20.5. The molecule has 0 aliphatic carbocycles. The molecule has 1 aliphatic rings. The third-order valence-corrected chi connectivity index (χ3v) is 4.48. The maximum absolute atomic E-state index is 11.1. The van der Waals surface area contributed by atoms with Crippen LogP contribution in [0.4, 0.5) is 0 Å². The summed E-state index contributed by atoms with van der Waals surface area (Å²) in [5.41, 5.74) is 2.29. The van der Waals surface area contributed by atoms with E-state index < -0.39 is 0 Å². The minimum atomic E-state index is -0.337. The van der Waals surface area contributed by atoms with E-state index in [9.17, 15) is 4.79 Å². The third-order valence-electron chi connectivity index (χ3n) is 4.48. The first-order chi connectivity index (χ1) is 11.7. The number of aryl methyl sites for hydroxylation is 1. The minimum Gasteiger partial charge on any atom is -0.466 e. The van der Waals surface area contributed by atoms with Crippen molar-refractivity contribution in [3.05, 3.63) is 59.7 Å². The first-order valence-corrected chi connectivity index (χ1v) is 8.35. The number of carbonyl (C=O) groups is 1. The molecule has 3 rings (SSSR count). The summed E-state index contributed by atoms with van der Waals surface area (Å²) < 4.78 is 4.60. The topological polar surface area (TPSA) is 67.0 Å². The van der Waals surface area contributed by atoms with Crippen LogP contribution in [0.15, 0.2) is 42.7 Å². The number of ether oxygens (including phenoxy) is 1. The molecule has 126 valence electrons. The summed E-state index contributed by atoms with van der Waals surface area (Å²) in [6, 6.07) is 9.27. The van der Waals surface area contributed by atoms with Crippen molar-refractivity contribution >= 4 is 12.0 Å². The van der Waals surface area contributed by atoms with Crippen molar-refractivity contribution in [3.63, 3.8) is 0 Å². The highest BCUT2D eigenvalue weighted by molar-refractivity contribution is 5.86. The largest absolute Gasteiger partial charge is 0.466 e. The Balaban J connectivity index is 1.52. The zero-order valence-corrected chi connectivity index (χ0v) is 13.9. The van der Waals surface area contributed by atoms with Gasteiger partial charge in [0.15, 0.2) is 0 Å². The van der Waals surface area contributed by atoms with Gasteiger partial charge in [-0.15, -0.1) is 0 Å². The van der Waals surface area contributed by atoms with Crippen LogP contribution in [0.2, 0.25) is 0 Å². The summed E-state index contributed by atoms with van der Waals surface area (Å²) >= 11 is 0. The van der Waals surface area contributed by atoms with Gasteiger partial charge in [0, 0.05) is 37.0 Å². The molecule has 1 fully saturated rings. The quantitative estimate of drug-likeness (QED) is 0.633. The number of hydrogen-bond acceptors (Lipinski definition) is 4. The van der Waals surface area contributed by atoms with E-state index in [1.807, 2.05) is 18.3 Å². The number of benzene rings is 1.